The van der Waals surface area contributed by atoms with E-state index >= 15 is 0 Å². The number of carbonyl (C=O) groups excluding carboxylic acids is 1. The molecule has 0 spiro atoms. The van der Waals surface area contributed by atoms with Gasteiger partial charge in [0.2, 0.25) is 0 Å². The monoisotopic (exact) mass is 274 g/mol. The van der Waals surface area contributed by atoms with E-state index in [0.29, 0.717) is 23.7 Å². The minimum absolute atomic E-state index is 0.108. The molecule has 0 heterocycles. The average Bonchev–Trinajstić information content (AvgIpc) is 2.45. The Hall–Kier alpha value is -1.84. The van der Waals surface area contributed by atoms with Gasteiger partial charge >= 0.3 is 0 Å². The van der Waals surface area contributed by atoms with E-state index in [4.69, 9.17) is 17.3 Å². The number of amides is 1. The summed E-state index contributed by atoms with van der Waals surface area (Å²) in [7, 11) is 0. The summed E-state index contributed by atoms with van der Waals surface area (Å²) in [6, 6.07) is 14.7. The number of hydrogen-bond donors (Lipinski definition) is 2. The van der Waals surface area contributed by atoms with Gasteiger partial charge in [-0.05, 0) is 35.4 Å². The Morgan fingerprint density at radius 2 is 1.84 bits per heavy atom. The third-order valence-corrected chi connectivity index (χ3v) is 3.03. The molecule has 1 amide bonds. The highest BCUT2D eigenvalue weighted by molar-refractivity contribution is 6.30. The smallest absolute Gasteiger partial charge is 0.251 e. The number of rotatable bonds is 4. The van der Waals surface area contributed by atoms with Crippen molar-refractivity contribution < 1.29 is 4.79 Å². The topological polar surface area (TPSA) is 55.1 Å². The largest absolute Gasteiger partial charge is 0.348 e. The van der Waals surface area contributed by atoms with E-state index in [-0.39, 0.29) is 5.91 Å². The Kier molecular flexibility index (Phi) is 4.55. The van der Waals surface area contributed by atoms with Crippen molar-refractivity contribution in [2.45, 2.75) is 13.1 Å². The van der Waals surface area contributed by atoms with Crippen molar-refractivity contribution in [1.29, 1.82) is 0 Å². The van der Waals surface area contributed by atoms with Crippen LogP contribution in [-0.4, -0.2) is 5.91 Å². The van der Waals surface area contributed by atoms with Gasteiger partial charge in [-0.2, -0.15) is 0 Å². The van der Waals surface area contributed by atoms with Crippen LogP contribution in [0.4, 0.5) is 0 Å². The number of halogens is 1. The molecule has 0 unspecified atom stereocenters. The zero-order chi connectivity index (χ0) is 13.7. The molecular formula is C15H15ClN2O. The van der Waals surface area contributed by atoms with E-state index in [9.17, 15) is 4.79 Å². The number of hydrogen-bond acceptors (Lipinski definition) is 2. The van der Waals surface area contributed by atoms with Gasteiger partial charge in [0.1, 0.15) is 0 Å². The molecule has 0 aromatic heterocycles. The first-order valence-electron chi connectivity index (χ1n) is 6.00. The lowest BCUT2D eigenvalue weighted by molar-refractivity contribution is 0.0951. The fraction of sp³-hybridized carbons (Fsp3) is 0.133. The van der Waals surface area contributed by atoms with E-state index < -0.39 is 0 Å². The predicted molar refractivity (Wildman–Crippen MR) is 77.0 cm³/mol. The quantitative estimate of drug-likeness (QED) is 0.901. The third-order valence-electron chi connectivity index (χ3n) is 2.79. The summed E-state index contributed by atoms with van der Waals surface area (Å²) < 4.78 is 0. The van der Waals surface area contributed by atoms with Crippen LogP contribution < -0.4 is 11.1 Å². The number of benzene rings is 2. The summed E-state index contributed by atoms with van der Waals surface area (Å²) in [6.07, 6.45) is 0. The van der Waals surface area contributed by atoms with Crippen LogP contribution in [0.25, 0.3) is 0 Å². The lowest BCUT2D eigenvalue weighted by Crippen LogP contribution is -2.22. The summed E-state index contributed by atoms with van der Waals surface area (Å²) in [5, 5.41) is 3.52. The van der Waals surface area contributed by atoms with E-state index in [1.54, 1.807) is 18.2 Å². The molecule has 0 radical (unpaired) electrons. The minimum Gasteiger partial charge on any atom is -0.348 e. The van der Waals surface area contributed by atoms with Crippen LogP contribution in [-0.2, 0) is 13.1 Å². The Morgan fingerprint density at radius 1 is 1.11 bits per heavy atom. The normalized spacial score (nSPS) is 10.2. The van der Waals surface area contributed by atoms with E-state index in [2.05, 4.69) is 5.32 Å². The molecule has 3 N–H and O–H groups in total. The second-order valence-electron chi connectivity index (χ2n) is 4.21. The lowest BCUT2D eigenvalue weighted by atomic mass is 10.1. The molecule has 2 aromatic rings. The first-order chi connectivity index (χ1) is 9.19. The van der Waals surface area contributed by atoms with Crippen LogP contribution in [0.15, 0.2) is 48.5 Å². The predicted octanol–water partition coefficient (Wildman–Crippen LogP) is 2.73. The molecule has 2 rings (SSSR count). The van der Waals surface area contributed by atoms with Gasteiger partial charge in [-0.1, -0.05) is 35.9 Å². The molecular weight excluding hydrogens is 260 g/mol. The van der Waals surface area contributed by atoms with Gasteiger partial charge in [0.05, 0.1) is 0 Å². The Labute approximate surface area is 117 Å². The van der Waals surface area contributed by atoms with Crippen molar-refractivity contribution in [3.63, 3.8) is 0 Å². The molecule has 0 bridgehead atoms. The summed E-state index contributed by atoms with van der Waals surface area (Å²) in [5.41, 5.74) is 8.11. The fourth-order valence-corrected chi connectivity index (χ4v) is 1.94. The van der Waals surface area contributed by atoms with Gasteiger partial charge in [0.15, 0.2) is 0 Å². The van der Waals surface area contributed by atoms with Crippen molar-refractivity contribution >= 4 is 17.5 Å². The molecule has 0 aliphatic rings. The second kappa shape index (κ2) is 6.36. The van der Waals surface area contributed by atoms with Crippen molar-refractivity contribution in [3.05, 3.63) is 70.2 Å². The van der Waals surface area contributed by atoms with Crippen LogP contribution in [0, 0.1) is 0 Å². The first-order valence-corrected chi connectivity index (χ1v) is 6.38. The lowest BCUT2D eigenvalue weighted by Gasteiger charge is -2.06. The van der Waals surface area contributed by atoms with Crippen LogP contribution >= 0.6 is 11.6 Å². The van der Waals surface area contributed by atoms with Gasteiger partial charge in [-0.3, -0.25) is 4.79 Å². The third kappa shape index (κ3) is 3.81. The maximum atomic E-state index is 11.9. The van der Waals surface area contributed by atoms with Crippen molar-refractivity contribution in [2.75, 3.05) is 0 Å². The molecule has 0 fully saturated rings. The van der Waals surface area contributed by atoms with Crippen molar-refractivity contribution in [3.8, 4) is 0 Å². The summed E-state index contributed by atoms with van der Waals surface area (Å²) in [6.45, 7) is 0.933. The van der Waals surface area contributed by atoms with Gasteiger partial charge in [0.25, 0.3) is 5.91 Å². The van der Waals surface area contributed by atoms with Crippen LogP contribution in [0.5, 0.6) is 0 Å². The summed E-state index contributed by atoms with van der Waals surface area (Å²) in [4.78, 5) is 11.9. The fourth-order valence-electron chi connectivity index (χ4n) is 1.72. The first kappa shape index (κ1) is 13.6. The SMILES string of the molecule is NCc1ccc(C(=O)NCc2cccc(Cl)c2)cc1. The van der Waals surface area contributed by atoms with E-state index in [1.807, 2.05) is 30.3 Å². The van der Waals surface area contributed by atoms with E-state index in [1.165, 1.54) is 0 Å². The standard InChI is InChI=1S/C15H15ClN2O/c16-14-3-1-2-12(8-14)10-18-15(19)13-6-4-11(9-17)5-7-13/h1-8H,9-10,17H2,(H,18,19). The molecule has 0 saturated carbocycles. The molecule has 0 aliphatic heterocycles. The average molecular weight is 275 g/mol. The molecule has 0 saturated heterocycles. The molecule has 0 atom stereocenters. The van der Waals surface area contributed by atoms with Crippen LogP contribution in [0.1, 0.15) is 21.5 Å². The molecule has 98 valence electrons. The van der Waals surface area contributed by atoms with Crippen molar-refractivity contribution in [2.24, 2.45) is 5.73 Å². The highest BCUT2D eigenvalue weighted by atomic mass is 35.5. The molecule has 0 aliphatic carbocycles. The van der Waals surface area contributed by atoms with Crippen LogP contribution in [0.3, 0.4) is 0 Å². The van der Waals surface area contributed by atoms with Crippen molar-refractivity contribution in [1.82, 2.24) is 5.32 Å². The van der Waals surface area contributed by atoms with Gasteiger partial charge in [0, 0.05) is 23.7 Å². The molecule has 3 nitrogen and oxygen atoms in total. The number of nitrogens with one attached hydrogen (secondary N) is 1. The maximum Gasteiger partial charge on any atom is 0.251 e. The highest BCUT2D eigenvalue weighted by Crippen LogP contribution is 2.10. The number of nitrogens with two attached hydrogens (primary N) is 1. The molecule has 2 aromatic carbocycles. The molecule has 4 heteroatoms. The van der Waals surface area contributed by atoms with Crippen LogP contribution in [0.2, 0.25) is 5.02 Å². The minimum atomic E-state index is -0.108. The Balaban J connectivity index is 1.97. The zero-order valence-corrected chi connectivity index (χ0v) is 11.2. The highest BCUT2D eigenvalue weighted by Gasteiger charge is 2.05. The molecule has 19 heavy (non-hydrogen) atoms. The van der Waals surface area contributed by atoms with Gasteiger partial charge in [-0.25, -0.2) is 0 Å². The second-order valence-corrected chi connectivity index (χ2v) is 4.65. The Morgan fingerprint density at radius 3 is 2.47 bits per heavy atom. The zero-order valence-electron chi connectivity index (χ0n) is 10.4. The van der Waals surface area contributed by atoms with Gasteiger partial charge < -0.3 is 11.1 Å². The Bertz CT molecular complexity index is 567. The number of carbonyl (C=O) groups is 1. The van der Waals surface area contributed by atoms with Gasteiger partial charge in [-0.15, -0.1) is 0 Å². The maximum absolute atomic E-state index is 11.9. The van der Waals surface area contributed by atoms with E-state index in [0.717, 1.165) is 11.1 Å². The summed E-state index contributed by atoms with van der Waals surface area (Å²) >= 11 is 5.89. The summed E-state index contributed by atoms with van der Waals surface area (Å²) in [5.74, 6) is -0.108.